The van der Waals surface area contributed by atoms with Crippen LogP contribution in [0.15, 0.2) is 17.0 Å². The first-order valence-corrected chi connectivity index (χ1v) is 4.35. The van der Waals surface area contributed by atoms with Crippen LogP contribution in [0.3, 0.4) is 0 Å². The van der Waals surface area contributed by atoms with Gasteiger partial charge < -0.3 is 10.4 Å². The molecule has 0 aliphatic rings. The summed E-state index contributed by atoms with van der Waals surface area (Å²) in [6.45, 7) is 1.54. The van der Waals surface area contributed by atoms with Crippen molar-refractivity contribution in [2.75, 3.05) is 5.32 Å². The van der Waals surface area contributed by atoms with Crippen molar-refractivity contribution in [1.82, 2.24) is 9.97 Å². The molecule has 13 heavy (non-hydrogen) atoms. The second kappa shape index (κ2) is 4.18. The van der Waals surface area contributed by atoms with Crippen molar-refractivity contribution in [3.05, 3.63) is 17.0 Å². The van der Waals surface area contributed by atoms with Crippen LogP contribution in [0.1, 0.15) is 6.92 Å². The second-order valence-electron chi connectivity index (χ2n) is 2.42. The fourth-order valence-electron chi connectivity index (χ4n) is 0.686. The van der Waals surface area contributed by atoms with Crippen molar-refractivity contribution >= 4 is 27.7 Å². The van der Waals surface area contributed by atoms with E-state index < -0.39 is 12.0 Å². The monoisotopic (exact) mass is 245 g/mol. The Kier molecular flexibility index (Phi) is 3.18. The molecule has 0 spiro atoms. The fourth-order valence-corrected chi connectivity index (χ4v) is 1.02. The highest BCUT2D eigenvalue weighted by Gasteiger charge is 2.12. The zero-order valence-electron chi connectivity index (χ0n) is 6.86. The number of carboxylic acids is 1. The van der Waals surface area contributed by atoms with Crippen LogP contribution in [0.25, 0.3) is 0 Å². The Morgan fingerprint density at radius 3 is 3.00 bits per heavy atom. The Hall–Kier alpha value is -1.17. The molecule has 0 aliphatic heterocycles. The van der Waals surface area contributed by atoms with Gasteiger partial charge in [-0.1, -0.05) is 0 Å². The Morgan fingerprint density at radius 1 is 1.77 bits per heavy atom. The van der Waals surface area contributed by atoms with E-state index in [0.717, 1.165) is 0 Å². The molecule has 1 atom stereocenters. The molecular weight excluding hydrogens is 238 g/mol. The molecule has 0 saturated carbocycles. The van der Waals surface area contributed by atoms with Gasteiger partial charge in [0.2, 0.25) is 0 Å². The van der Waals surface area contributed by atoms with Gasteiger partial charge in [0.1, 0.15) is 18.2 Å². The van der Waals surface area contributed by atoms with Gasteiger partial charge in [-0.15, -0.1) is 0 Å². The number of carboxylic acid groups (broad SMARTS) is 1. The van der Waals surface area contributed by atoms with E-state index in [1.165, 1.54) is 13.3 Å². The second-order valence-corrected chi connectivity index (χ2v) is 3.28. The first-order chi connectivity index (χ1) is 6.11. The summed E-state index contributed by atoms with van der Waals surface area (Å²) in [5, 5.41) is 11.3. The Balaban J connectivity index is 2.74. The molecule has 1 rings (SSSR count). The lowest BCUT2D eigenvalue weighted by Gasteiger charge is -2.09. The molecule has 70 valence electrons. The number of nitrogens with zero attached hydrogens (tertiary/aromatic N) is 2. The molecule has 0 aromatic carbocycles. The van der Waals surface area contributed by atoms with Crippen LogP contribution in [0.5, 0.6) is 0 Å². The van der Waals surface area contributed by atoms with E-state index in [0.29, 0.717) is 10.3 Å². The number of rotatable bonds is 3. The van der Waals surface area contributed by atoms with E-state index in [1.807, 2.05) is 0 Å². The van der Waals surface area contributed by atoms with Gasteiger partial charge in [0.15, 0.2) is 0 Å². The lowest BCUT2D eigenvalue weighted by atomic mass is 10.3. The minimum absolute atomic E-state index is 0.477. The summed E-state index contributed by atoms with van der Waals surface area (Å²) in [5.74, 6) is -0.449. The number of carbonyl (C=O) groups is 1. The molecule has 0 bridgehead atoms. The van der Waals surface area contributed by atoms with E-state index in [9.17, 15) is 4.79 Å². The standard InChI is InChI=1S/C7H8BrN3O2/c1-4(7(12)13)11-6-5(8)2-9-3-10-6/h2-4H,1H3,(H,12,13)(H,9,10,11)/t4-/m1/s1. The average Bonchev–Trinajstić information content (AvgIpc) is 2.08. The third-order valence-corrected chi connectivity index (χ3v) is 1.97. The number of halogens is 1. The summed E-state index contributed by atoms with van der Waals surface area (Å²) in [6.07, 6.45) is 2.89. The first kappa shape index (κ1) is 9.91. The smallest absolute Gasteiger partial charge is 0.325 e. The molecule has 5 nitrogen and oxygen atoms in total. The van der Waals surface area contributed by atoms with Crippen LogP contribution in [0.2, 0.25) is 0 Å². The predicted octanol–water partition coefficient (Wildman–Crippen LogP) is 1.12. The molecule has 1 aromatic heterocycles. The van der Waals surface area contributed by atoms with Crippen molar-refractivity contribution in [2.45, 2.75) is 13.0 Å². The van der Waals surface area contributed by atoms with Crippen molar-refractivity contribution < 1.29 is 9.90 Å². The molecule has 1 heterocycles. The van der Waals surface area contributed by atoms with Gasteiger partial charge in [0.25, 0.3) is 0 Å². The lowest BCUT2D eigenvalue weighted by molar-refractivity contribution is -0.137. The van der Waals surface area contributed by atoms with Gasteiger partial charge in [-0.2, -0.15) is 0 Å². The zero-order chi connectivity index (χ0) is 9.84. The van der Waals surface area contributed by atoms with Gasteiger partial charge in [-0.25, -0.2) is 9.97 Å². The number of hydrogen-bond acceptors (Lipinski definition) is 4. The largest absolute Gasteiger partial charge is 0.480 e. The van der Waals surface area contributed by atoms with E-state index in [-0.39, 0.29) is 0 Å². The van der Waals surface area contributed by atoms with Crippen molar-refractivity contribution in [1.29, 1.82) is 0 Å². The van der Waals surface area contributed by atoms with Gasteiger partial charge in [0, 0.05) is 6.20 Å². The Morgan fingerprint density at radius 2 is 2.46 bits per heavy atom. The quantitative estimate of drug-likeness (QED) is 0.835. The molecular formula is C7H8BrN3O2. The SMILES string of the molecule is C[C@@H](Nc1ncncc1Br)C(=O)O. The molecule has 1 aromatic rings. The van der Waals surface area contributed by atoms with Crippen LogP contribution in [-0.2, 0) is 4.79 Å². The van der Waals surface area contributed by atoms with Crippen LogP contribution >= 0.6 is 15.9 Å². The summed E-state index contributed by atoms with van der Waals surface area (Å²) in [7, 11) is 0. The zero-order valence-corrected chi connectivity index (χ0v) is 8.45. The Labute approximate surface area is 83.3 Å². The Bertz CT molecular complexity index is 318. The average molecular weight is 246 g/mol. The fraction of sp³-hybridized carbons (Fsp3) is 0.286. The van der Waals surface area contributed by atoms with Gasteiger partial charge in [-0.05, 0) is 22.9 Å². The predicted molar refractivity (Wildman–Crippen MR) is 50.5 cm³/mol. The molecule has 0 aliphatic carbocycles. The maximum absolute atomic E-state index is 10.5. The molecule has 0 unspecified atom stereocenters. The summed E-state index contributed by atoms with van der Waals surface area (Å²) < 4.78 is 0.642. The van der Waals surface area contributed by atoms with Crippen molar-refractivity contribution in [3.63, 3.8) is 0 Å². The molecule has 0 radical (unpaired) electrons. The van der Waals surface area contributed by atoms with Gasteiger partial charge >= 0.3 is 5.97 Å². The van der Waals surface area contributed by atoms with Crippen molar-refractivity contribution in [3.8, 4) is 0 Å². The third-order valence-electron chi connectivity index (χ3n) is 1.39. The number of nitrogens with one attached hydrogen (secondary N) is 1. The number of anilines is 1. The summed E-state index contributed by atoms with van der Waals surface area (Å²) in [5.41, 5.74) is 0. The summed E-state index contributed by atoms with van der Waals surface area (Å²) in [6, 6.07) is -0.675. The highest BCUT2D eigenvalue weighted by molar-refractivity contribution is 9.10. The maximum Gasteiger partial charge on any atom is 0.325 e. The number of aromatic nitrogens is 2. The lowest BCUT2D eigenvalue weighted by Crippen LogP contribution is -2.26. The normalized spacial score (nSPS) is 12.2. The van der Waals surface area contributed by atoms with Crippen LogP contribution < -0.4 is 5.32 Å². The minimum Gasteiger partial charge on any atom is -0.480 e. The highest BCUT2D eigenvalue weighted by atomic mass is 79.9. The number of aliphatic carboxylic acids is 1. The maximum atomic E-state index is 10.5. The van der Waals surface area contributed by atoms with E-state index in [1.54, 1.807) is 6.20 Å². The van der Waals surface area contributed by atoms with Crippen LogP contribution in [-0.4, -0.2) is 27.1 Å². The molecule has 0 fully saturated rings. The highest BCUT2D eigenvalue weighted by Crippen LogP contribution is 2.17. The molecule has 6 heteroatoms. The van der Waals surface area contributed by atoms with Crippen LogP contribution in [0, 0.1) is 0 Å². The molecule has 0 saturated heterocycles. The van der Waals surface area contributed by atoms with E-state index in [2.05, 4.69) is 31.2 Å². The van der Waals surface area contributed by atoms with Crippen molar-refractivity contribution in [2.24, 2.45) is 0 Å². The molecule has 2 N–H and O–H groups in total. The van der Waals surface area contributed by atoms with E-state index >= 15 is 0 Å². The van der Waals surface area contributed by atoms with Gasteiger partial charge in [0.05, 0.1) is 4.47 Å². The van der Waals surface area contributed by atoms with Gasteiger partial charge in [-0.3, -0.25) is 4.79 Å². The third kappa shape index (κ3) is 2.66. The van der Waals surface area contributed by atoms with Crippen LogP contribution in [0.4, 0.5) is 5.82 Å². The molecule has 0 amide bonds. The van der Waals surface area contributed by atoms with E-state index in [4.69, 9.17) is 5.11 Å². The first-order valence-electron chi connectivity index (χ1n) is 3.56. The minimum atomic E-state index is -0.925. The summed E-state index contributed by atoms with van der Waals surface area (Å²) >= 11 is 3.19. The summed E-state index contributed by atoms with van der Waals surface area (Å²) in [4.78, 5) is 18.1. The topological polar surface area (TPSA) is 75.1 Å². The number of hydrogen-bond donors (Lipinski definition) is 2.